The minimum atomic E-state index is -0.135. The second-order valence-electron chi connectivity index (χ2n) is 9.62. The first-order valence-electron chi connectivity index (χ1n) is 12.1. The fourth-order valence-electron chi connectivity index (χ4n) is 3.64. The Morgan fingerprint density at radius 2 is 1.81 bits per heavy atom. The van der Waals surface area contributed by atoms with E-state index in [1.807, 2.05) is 12.1 Å². The minimum Gasteiger partial charge on any atom is -0.473 e. The van der Waals surface area contributed by atoms with Gasteiger partial charge in [0.2, 0.25) is 11.5 Å². The number of carbonyl (C=O) groups is 1. The molecule has 0 saturated heterocycles. The number of Topliss-reactive ketones (excluding diaryl/α,β-unsaturated/α-hetero) is 1. The number of rotatable bonds is 12. The Morgan fingerprint density at radius 3 is 2.44 bits per heavy atom. The van der Waals surface area contributed by atoms with Gasteiger partial charge in [0, 0.05) is 18.7 Å². The lowest BCUT2D eigenvalue weighted by molar-refractivity contribution is 0.0616. The van der Waals surface area contributed by atoms with Crippen molar-refractivity contribution in [1.82, 2.24) is 19.4 Å². The summed E-state index contributed by atoms with van der Waals surface area (Å²) in [6, 6.07) is 9.34. The molecule has 3 rings (SSSR count). The lowest BCUT2D eigenvalue weighted by Crippen LogP contribution is -2.27. The summed E-state index contributed by atoms with van der Waals surface area (Å²) in [5.74, 6) is 0.302. The molecule has 0 amide bonds. The molecular formula is C26H38ClN5O4. The number of carbonyl (C=O) groups excluding carboxylic acids is 1. The van der Waals surface area contributed by atoms with E-state index >= 15 is 0 Å². The van der Waals surface area contributed by atoms with E-state index in [-0.39, 0.29) is 41.9 Å². The summed E-state index contributed by atoms with van der Waals surface area (Å²) in [5.41, 5.74) is 2.90. The van der Waals surface area contributed by atoms with Crippen molar-refractivity contribution in [3.8, 4) is 5.88 Å². The Bertz CT molecular complexity index is 1210. The first kappa shape index (κ1) is 29.5. The van der Waals surface area contributed by atoms with E-state index in [9.17, 15) is 4.79 Å². The average molecular weight is 520 g/mol. The quantitative estimate of drug-likeness (QED) is 0.282. The topological polar surface area (TPSA) is 104 Å². The van der Waals surface area contributed by atoms with Gasteiger partial charge in [0.05, 0.1) is 25.9 Å². The minimum absolute atomic E-state index is 0. The Labute approximate surface area is 218 Å². The zero-order chi connectivity index (χ0) is 25.6. The predicted molar refractivity (Wildman–Crippen MR) is 140 cm³/mol. The van der Waals surface area contributed by atoms with Crippen molar-refractivity contribution in [3.63, 3.8) is 0 Å². The molecule has 36 heavy (non-hydrogen) atoms. The van der Waals surface area contributed by atoms with E-state index in [0.29, 0.717) is 36.9 Å². The summed E-state index contributed by atoms with van der Waals surface area (Å²) in [5, 5.41) is 17.3. The summed E-state index contributed by atoms with van der Waals surface area (Å²) in [6.07, 6.45) is 1.80. The van der Waals surface area contributed by atoms with Crippen molar-refractivity contribution in [3.05, 3.63) is 52.6 Å². The molecule has 1 N–H and O–H groups in total. The van der Waals surface area contributed by atoms with Crippen LogP contribution in [0.2, 0.25) is 0 Å². The first-order valence-corrected chi connectivity index (χ1v) is 12.1. The maximum atomic E-state index is 13.3. The van der Waals surface area contributed by atoms with Crippen molar-refractivity contribution in [2.45, 2.75) is 72.1 Å². The SMILES string of the molecule is CCC(CC)Oc1ccc2nn(CC(=O)c3cc(COCCOC)cc(C(C)(C)C)c3)c(=N)n2n1.Cl. The van der Waals surface area contributed by atoms with E-state index in [2.05, 4.69) is 50.9 Å². The third-order valence-corrected chi connectivity index (χ3v) is 5.83. The first-order chi connectivity index (χ1) is 16.7. The Morgan fingerprint density at radius 1 is 1.08 bits per heavy atom. The van der Waals surface area contributed by atoms with E-state index in [1.165, 1.54) is 9.20 Å². The molecule has 0 atom stereocenters. The van der Waals surface area contributed by atoms with E-state index < -0.39 is 0 Å². The molecule has 10 heteroatoms. The van der Waals surface area contributed by atoms with Gasteiger partial charge in [-0.3, -0.25) is 10.2 Å². The van der Waals surface area contributed by atoms with Crippen LogP contribution in [0.3, 0.4) is 0 Å². The fraction of sp³-hybridized carbons (Fsp3) is 0.538. The number of ether oxygens (including phenoxy) is 3. The number of benzene rings is 1. The Kier molecular flexibility index (Phi) is 10.6. The Balaban J connectivity index is 0.00000456. The molecule has 2 aromatic heterocycles. The van der Waals surface area contributed by atoms with Crippen molar-refractivity contribution in [2.24, 2.45) is 0 Å². The third kappa shape index (κ3) is 7.38. The van der Waals surface area contributed by atoms with Crippen LogP contribution in [0, 0.1) is 5.41 Å². The van der Waals surface area contributed by atoms with Gasteiger partial charge >= 0.3 is 0 Å². The molecule has 0 aliphatic heterocycles. The highest BCUT2D eigenvalue weighted by Gasteiger charge is 2.19. The standard InChI is InChI=1S/C26H37N5O4.ClH/c1-7-21(8-2)35-24-10-9-23-28-30(25(27)31(23)29-24)16-22(32)19-13-18(17-34-12-11-33-6)14-20(15-19)26(3,4)5;/h9-10,13-15,21,27H,7-8,11-12,16-17H2,1-6H3;1H. The van der Waals surface area contributed by atoms with Crippen molar-refractivity contribution < 1.29 is 19.0 Å². The number of hydrogen-bond donors (Lipinski definition) is 1. The second-order valence-corrected chi connectivity index (χ2v) is 9.62. The van der Waals surface area contributed by atoms with Crippen LogP contribution in [0.15, 0.2) is 30.3 Å². The lowest BCUT2D eigenvalue weighted by Gasteiger charge is -2.21. The summed E-state index contributed by atoms with van der Waals surface area (Å²) in [4.78, 5) is 13.3. The normalized spacial score (nSPS) is 11.6. The van der Waals surface area contributed by atoms with Gasteiger partial charge in [-0.15, -0.1) is 22.6 Å². The van der Waals surface area contributed by atoms with Gasteiger partial charge < -0.3 is 14.2 Å². The summed E-state index contributed by atoms with van der Waals surface area (Å²) in [7, 11) is 1.63. The smallest absolute Gasteiger partial charge is 0.242 e. The monoisotopic (exact) mass is 519 g/mol. The number of ketones is 1. The lowest BCUT2D eigenvalue weighted by atomic mass is 9.84. The number of hydrogen-bond acceptors (Lipinski definition) is 7. The number of nitrogens with zero attached hydrogens (tertiary/aromatic N) is 4. The highest BCUT2D eigenvalue weighted by Crippen LogP contribution is 2.25. The van der Waals surface area contributed by atoms with Crippen LogP contribution < -0.4 is 10.4 Å². The highest BCUT2D eigenvalue weighted by molar-refractivity contribution is 5.96. The molecular weight excluding hydrogens is 482 g/mol. The molecule has 0 spiro atoms. The summed E-state index contributed by atoms with van der Waals surface area (Å²) < 4.78 is 19.4. The number of methoxy groups -OCH3 is 1. The van der Waals surface area contributed by atoms with E-state index in [1.54, 1.807) is 19.2 Å². The van der Waals surface area contributed by atoms with Crippen LogP contribution in [0.1, 0.15) is 68.9 Å². The average Bonchev–Trinajstić information content (AvgIpc) is 3.14. The van der Waals surface area contributed by atoms with Gasteiger partial charge in [0.15, 0.2) is 11.4 Å². The van der Waals surface area contributed by atoms with Crippen LogP contribution in [0.25, 0.3) is 5.65 Å². The Hall–Kier alpha value is -2.75. The molecule has 0 aliphatic rings. The van der Waals surface area contributed by atoms with E-state index in [4.69, 9.17) is 19.6 Å². The maximum absolute atomic E-state index is 13.3. The molecule has 0 aliphatic carbocycles. The second kappa shape index (κ2) is 13.0. The number of aromatic nitrogens is 4. The molecule has 9 nitrogen and oxygen atoms in total. The van der Waals surface area contributed by atoms with Crippen LogP contribution >= 0.6 is 12.4 Å². The number of nitrogens with one attached hydrogen (secondary N) is 1. The fourth-order valence-corrected chi connectivity index (χ4v) is 3.64. The van der Waals surface area contributed by atoms with Crippen LogP contribution in [-0.2, 0) is 28.0 Å². The molecule has 0 unspecified atom stereocenters. The zero-order valence-electron chi connectivity index (χ0n) is 22.0. The third-order valence-electron chi connectivity index (χ3n) is 5.83. The van der Waals surface area contributed by atoms with Gasteiger partial charge in [-0.25, -0.2) is 4.68 Å². The predicted octanol–water partition coefficient (Wildman–Crippen LogP) is 4.34. The van der Waals surface area contributed by atoms with Gasteiger partial charge in [-0.1, -0.05) is 40.7 Å². The molecule has 0 bridgehead atoms. The van der Waals surface area contributed by atoms with Crippen molar-refractivity contribution >= 4 is 23.8 Å². The van der Waals surface area contributed by atoms with Crippen LogP contribution in [0.5, 0.6) is 5.88 Å². The molecule has 0 radical (unpaired) electrons. The molecule has 198 valence electrons. The summed E-state index contributed by atoms with van der Waals surface area (Å²) in [6.45, 7) is 11.8. The number of halogens is 1. The molecule has 3 aromatic rings. The van der Waals surface area contributed by atoms with Crippen molar-refractivity contribution in [1.29, 1.82) is 5.41 Å². The van der Waals surface area contributed by atoms with Gasteiger partial charge in [-0.2, -0.15) is 4.52 Å². The maximum Gasteiger partial charge on any atom is 0.242 e. The molecule has 0 fully saturated rings. The van der Waals surface area contributed by atoms with Crippen molar-refractivity contribution in [2.75, 3.05) is 20.3 Å². The largest absolute Gasteiger partial charge is 0.473 e. The number of fused-ring (bicyclic) bond motifs is 1. The highest BCUT2D eigenvalue weighted by atomic mass is 35.5. The molecule has 0 saturated carbocycles. The molecule has 1 aromatic carbocycles. The zero-order valence-corrected chi connectivity index (χ0v) is 22.9. The van der Waals surface area contributed by atoms with Crippen LogP contribution in [0.4, 0.5) is 0 Å². The van der Waals surface area contributed by atoms with E-state index in [0.717, 1.165) is 24.0 Å². The molecule has 2 heterocycles. The van der Waals surface area contributed by atoms with Gasteiger partial charge in [0.1, 0.15) is 6.54 Å². The van der Waals surface area contributed by atoms with Gasteiger partial charge in [-0.05, 0) is 47.6 Å². The van der Waals surface area contributed by atoms with Crippen LogP contribution in [-0.4, -0.2) is 51.6 Å². The summed E-state index contributed by atoms with van der Waals surface area (Å²) >= 11 is 0. The van der Waals surface area contributed by atoms with Gasteiger partial charge in [0.25, 0.3) is 0 Å².